The summed E-state index contributed by atoms with van der Waals surface area (Å²) in [6.07, 6.45) is 7.17. The zero-order valence-electron chi connectivity index (χ0n) is 14.8. The van der Waals surface area contributed by atoms with E-state index in [4.69, 9.17) is 9.15 Å². The van der Waals surface area contributed by atoms with Crippen molar-refractivity contribution in [3.63, 3.8) is 0 Å². The molecule has 0 aromatic carbocycles. The molecule has 2 aromatic rings. The maximum absolute atomic E-state index is 12.6. The fourth-order valence-electron chi connectivity index (χ4n) is 3.61. The SMILES string of the molecule is O=C(C1CCN(Cc2cnc(-c3ccco3)nc2)CC1)N1CCOCC1. The molecule has 0 unspecified atom stereocenters. The predicted octanol–water partition coefficient (Wildman–Crippen LogP) is 1.81. The molecule has 2 aliphatic heterocycles. The molecule has 0 aliphatic carbocycles. The number of likely N-dealkylation sites (tertiary alicyclic amines) is 1. The van der Waals surface area contributed by atoms with E-state index in [1.54, 1.807) is 6.26 Å². The third-order valence-electron chi connectivity index (χ3n) is 5.11. The number of nitrogens with zero attached hydrogens (tertiary/aromatic N) is 4. The molecule has 26 heavy (non-hydrogen) atoms. The molecule has 2 fully saturated rings. The molecule has 7 nitrogen and oxygen atoms in total. The van der Waals surface area contributed by atoms with E-state index in [0.717, 1.165) is 51.1 Å². The summed E-state index contributed by atoms with van der Waals surface area (Å²) in [6.45, 7) is 5.48. The summed E-state index contributed by atoms with van der Waals surface area (Å²) in [5, 5.41) is 0. The number of piperidine rings is 1. The molecule has 7 heteroatoms. The van der Waals surface area contributed by atoms with E-state index in [1.165, 1.54) is 0 Å². The Bertz CT molecular complexity index is 703. The van der Waals surface area contributed by atoms with E-state index in [1.807, 2.05) is 29.4 Å². The molecule has 0 atom stereocenters. The zero-order chi connectivity index (χ0) is 17.8. The summed E-state index contributed by atoms with van der Waals surface area (Å²) in [5.74, 6) is 1.74. The van der Waals surface area contributed by atoms with Gasteiger partial charge >= 0.3 is 0 Å². The summed E-state index contributed by atoms with van der Waals surface area (Å²) in [6, 6.07) is 3.68. The summed E-state index contributed by atoms with van der Waals surface area (Å²) >= 11 is 0. The van der Waals surface area contributed by atoms with Crippen molar-refractivity contribution in [1.29, 1.82) is 0 Å². The Kier molecular flexibility index (Phi) is 5.26. The summed E-state index contributed by atoms with van der Waals surface area (Å²) < 4.78 is 10.6. The van der Waals surface area contributed by atoms with Crippen LogP contribution >= 0.6 is 0 Å². The number of carbonyl (C=O) groups excluding carboxylic acids is 1. The Labute approximate surface area is 153 Å². The second-order valence-corrected chi connectivity index (χ2v) is 6.88. The fourth-order valence-corrected chi connectivity index (χ4v) is 3.61. The number of hydrogen-bond donors (Lipinski definition) is 0. The van der Waals surface area contributed by atoms with Crippen molar-refractivity contribution in [2.45, 2.75) is 19.4 Å². The van der Waals surface area contributed by atoms with Crippen LogP contribution in [0.15, 0.2) is 35.2 Å². The predicted molar refractivity (Wildman–Crippen MR) is 95.1 cm³/mol. The van der Waals surface area contributed by atoms with Crippen LogP contribution in [0.4, 0.5) is 0 Å². The smallest absolute Gasteiger partial charge is 0.225 e. The van der Waals surface area contributed by atoms with Crippen LogP contribution in [-0.4, -0.2) is 65.1 Å². The molecule has 4 rings (SSSR count). The van der Waals surface area contributed by atoms with Gasteiger partial charge in [0.15, 0.2) is 11.6 Å². The van der Waals surface area contributed by atoms with Crippen molar-refractivity contribution in [2.24, 2.45) is 5.92 Å². The monoisotopic (exact) mass is 356 g/mol. The van der Waals surface area contributed by atoms with Crippen LogP contribution in [0.5, 0.6) is 0 Å². The largest absolute Gasteiger partial charge is 0.461 e. The van der Waals surface area contributed by atoms with E-state index >= 15 is 0 Å². The van der Waals surface area contributed by atoms with Crippen LogP contribution in [0.3, 0.4) is 0 Å². The first-order valence-electron chi connectivity index (χ1n) is 9.23. The Hall–Kier alpha value is -2.25. The van der Waals surface area contributed by atoms with Gasteiger partial charge in [-0.05, 0) is 38.1 Å². The molecular formula is C19H24N4O3. The molecule has 0 bridgehead atoms. The Morgan fingerprint density at radius 2 is 1.85 bits per heavy atom. The summed E-state index contributed by atoms with van der Waals surface area (Å²) in [5.41, 5.74) is 1.08. The van der Waals surface area contributed by atoms with Crippen molar-refractivity contribution in [3.05, 3.63) is 36.4 Å². The van der Waals surface area contributed by atoms with Crippen LogP contribution in [-0.2, 0) is 16.1 Å². The van der Waals surface area contributed by atoms with E-state index < -0.39 is 0 Å². The lowest BCUT2D eigenvalue weighted by Gasteiger charge is -2.35. The highest BCUT2D eigenvalue weighted by Crippen LogP contribution is 2.22. The molecule has 0 radical (unpaired) electrons. The Morgan fingerprint density at radius 3 is 2.50 bits per heavy atom. The Morgan fingerprint density at radius 1 is 1.12 bits per heavy atom. The highest BCUT2D eigenvalue weighted by atomic mass is 16.5. The van der Waals surface area contributed by atoms with Crippen LogP contribution < -0.4 is 0 Å². The minimum Gasteiger partial charge on any atom is -0.461 e. The minimum absolute atomic E-state index is 0.155. The van der Waals surface area contributed by atoms with E-state index in [9.17, 15) is 4.79 Å². The lowest BCUT2D eigenvalue weighted by Crippen LogP contribution is -2.46. The summed E-state index contributed by atoms with van der Waals surface area (Å²) in [4.78, 5) is 25.7. The molecule has 0 N–H and O–H groups in total. The van der Waals surface area contributed by atoms with Crippen LogP contribution in [0.25, 0.3) is 11.6 Å². The molecule has 2 aromatic heterocycles. The maximum atomic E-state index is 12.6. The maximum Gasteiger partial charge on any atom is 0.225 e. The van der Waals surface area contributed by atoms with Gasteiger partial charge in [-0.15, -0.1) is 0 Å². The highest BCUT2D eigenvalue weighted by Gasteiger charge is 2.29. The van der Waals surface area contributed by atoms with Gasteiger partial charge in [0.25, 0.3) is 0 Å². The first-order chi connectivity index (χ1) is 12.8. The molecule has 4 heterocycles. The van der Waals surface area contributed by atoms with Gasteiger partial charge in [0.1, 0.15) is 0 Å². The first-order valence-corrected chi connectivity index (χ1v) is 9.23. The lowest BCUT2D eigenvalue weighted by atomic mass is 9.95. The molecule has 138 valence electrons. The second-order valence-electron chi connectivity index (χ2n) is 6.88. The first kappa shape index (κ1) is 17.2. The van der Waals surface area contributed by atoms with Crippen molar-refractivity contribution in [1.82, 2.24) is 19.8 Å². The molecule has 0 spiro atoms. The summed E-state index contributed by atoms with van der Waals surface area (Å²) in [7, 11) is 0. The van der Waals surface area contributed by atoms with Crippen LogP contribution in [0.1, 0.15) is 18.4 Å². The zero-order valence-corrected chi connectivity index (χ0v) is 14.8. The van der Waals surface area contributed by atoms with Crippen molar-refractivity contribution in [2.75, 3.05) is 39.4 Å². The molecule has 2 saturated heterocycles. The van der Waals surface area contributed by atoms with Crippen molar-refractivity contribution in [3.8, 4) is 11.6 Å². The number of carbonyl (C=O) groups is 1. The minimum atomic E-state index is 0.155. The molecule has 2 aliphatic rings. The van der Waals surface area contributed by atoms with Gasteiger partial charge in [0, 0.05) is 43.5 Å². The quantitative estimate of drug-likeness (QED) is 0.832. The average Bonchev–Trinajstić information content (AvgIpc) is 3.24. The third-order valence-corrected chi connectivity index (χ3v) is 5.11. The van der Waals surface area contributed by atoms with Crippen molar-refractivity contribution < 1.29 is 13.9 Å². The molecule has 0 saturated carbocycles. The van der Waals surface area contributed by atoms with E-state index in [0.29, 0.717) is 30.7 Å². The van der Waals surface area contributed by atoms with Gasteiger partial charge < -0.3 is 14.1 Å². The van der Waals surface area contributed by atoms with Crippen LogP contribution in [0, 0.1) is 5.92 Å². The number of morpholine rings is 1. The Balaban J connectivity index is 1.27. The number of ether oxygens (including phenoxy) is 1. The van der Waals surface area contributed by atoms with Gasteiger partial charge in [-0.3, -0.25) is 9.69 Å². The second kappa shape index (κ2) is 7.97. The number of hydrogen-bond acceptors (Lipinski definition) is 6. The number of rotatable bonds is 4. The van der Waals surface area contributed by atoms with Crippen LogP contribution in [0.2, 0.25) is 0 Å². The van der Waals surface area contributed by atoms with E-state index in [2.05, 4.69) is 14.9 Å². The number of amides is 1. The van der Waals surface area contributed by atoms with E-state index in [-0.39, 0.29) is 5.92 Å². The highest BCUT2D eigenvalue weighted by molar-refractivity contribution is 5.79. The fraction of sp³-hybridized carbons (Fsp3) is 0.526. The van der Waals surface area contributed by atoms with Gasteiger partial charge in [0.2, 0.25) is 5.91 Å². The number of aromatic nitrogens is 2. The third kappa shape index (κ3) is 3.94. The molecule has 1 amide bonds. The normalized spacial score (nSPS) is 19.6. The van der Waals surface area contributed by atoms with Gasteiger partial charge in [0.05, 0.1) is 19.5 Å². The van der Waals surface area contributed by atoms with Gasteiger partial charge in [-0.1, -0.05) is 0 Å². The van der Waals surface area contributed by atoms with Crippen molar-refractivity contribution >= 4 is 5.91 Å². The lowest BCUT2D eigenvalue weighted by molar-refractivity contribution is -0.141. The van der Waals surface area contributed by atoms with Gasteiger partial charge in [-0.2, -0.15) is 0 Å². The standard InChI is InChI=1S/C19H24N4O3/c24-19(23-7-10-25-11-8-23)16-3-5-22(6-4-16)14-15-12-20-18(21-13-15)17-2-1-9-26-17/h1-2,9,12-13,16H,3-8,10-11,14H2. The van der Waals surface area contributed by atoms with Gasteiger partial charge in [-0.25, -0.2) is 9.97 Å². The molecular weight excluding hydrogens is 332 g/mol. The topological polar surface area (TPSA) is 71.7 Å². The average molecular weight is 356 g/mol. The number of furan rings is 1.